The summed E-state index contributed by atoms with van der Waals surface area (Å²) in [6.07, 6.45) is 0. The van der Waals surface area contributed by atoms with Gasteiger partial charge in [-0.15, -0.1) is 11.3 Å². The Bertz CT molecular complexity index is 433. The number of hydrogen-bond acceptors (Lipinski definition) is 1. The van der Waals surface area contributed by atoms with Gasteiger partial charge in [-0.1, -0.05) is 23.7 Å². The van der Waals surface area contributed by atoms with Gasteiger partial charge in [0.25, 0.3) is 0 Å². The van der Waals surface area contributed by atoms with Crippen LogP contribution in [0.4, 0.5) is 0 Å². The highest BCUT2D eigenvalue weighted by Crippen LogP contribution is 2.36. The van der Waals surface area contributed by atoms with Gasteiger partial charge in [0.05, 0.1) is 7.91 Å². The molecule has 0 bridgehead atoms. The van der Waals surface area contributed by atoms with Crippen molar-refractivity contribution in [2.75, 3.05) is 0 Å². The van der Waals surface area contributed by atoms with Crippen molar-refractivity contribution >= 4 is 55.6 Å². The lowest BCUT2D eigenvalue weighted by Crippen LogP contribution is -1.68. The van der Waals surface area contributed by atoms with E-state index in [1.807, 2.05) is 0 Å². The van der Waals surface area contributed by atoms with Crippen molar-refractivity contribution in [3.63, 3.8) is 0 Å². The van der Waals surface area contributed by atoms with Crippen LogP contribution in [0, 0.1) is 9.81 Å². The third kappa shape index (κ3) is 1.36. The number of benzene rings is 1. The SMILES string of the molecule is Cc1ccc2c(Cl)c(I)sc2c1. The second-order valence-electron chi connectivity index (χ2n) is 2.69. The van der Waals surface area contributed by atoms with Crippen molar-refractivity contribution in [3.8, 4) is 0 Å². The zero-order valence-electron chi connectivity index (χ0n) is 6.40. The third-order valence-corrected chi connectivity index (χ3v) is 4.71. The van der Waals surface area contributed by atoms with Gasteiger partial charge in [-0.2, -0.15) is 0 Å². The second kappa shape index (κ2) is 3.16. The number of aryl methyl sites for hydroxylation is 1. The summed E-state index contributed by atoms with van der Waals surface area (Å²) in [5, 5.41) is 2.08. The molecule has 0 unspecified atom stereocenters. The van der Waals surface area contributed by atoms with Crippen molar-refractivity contribution < 1.29 is 0 Å². The van der Waals surface area contributed by atoms with Gasteiger partial charge in [-0.3, -0.25) is 0 Å². The molecule has 1 aromatic heterocycles. The molecular weight excluding hydrogens is 303 g/mol. The Balaban J connectivity index is 2.87. The standard InChI is InChI=1S/C9H6ClIS/c1-5-2-3-6-7(4-5)12-9(11)8(6)10/h2-4H,1H3. The Morgan fingerprint density at radius 1 is 1.42 bits per heavy atom. The molecule has 0 nitrogen and oxygen atoms in total. The first-order chi connectivity index (χ1) is 5.68. The van der Waals surface area contributed by atoms with Gasteiger partial charge in [0.2, 0.25) is 0 Å². The molecule has 1 aromatic carbocycles. The normalized spacial score (nSPS) is 10.9. The molecule has 3 heteroatoms. The summed E-state index contributed by atoms with van der Waals surface area (Å²) in [5.74, 6) is 0. The van der Waals surface area contributed by atoms with E-state index in [0.29, 0.717) is 0 Å². The van der Waals surface area contributed by atoms with E-state index in [4.69, 9.17) is 11.6 Å². The lowest BCUT2D eigenvalue weighted by atomic mass is 10.2. The van der Waals surface area contributed by atoms with Gasteiger partial charge in [0.15, 0.2) is 0 Å². The number of rotatable bonds is 0. The highest BCUT2D eigenvalue weighted by Gasteiger charge is 2.06. The summed E-state index contributed by atoms with van der Waals surface area (Å²) < 4.78 is 2.46. The van der Waals surface area contributed by atoms with Crippen LogP contribution < -0.4 is 0 Å². The minimum atomic E-state index is 0.899. The Kier molecular flexibility index (Phi) is 2.31. The summed E-state index contributed by atoms with van der Waals surface area (Å²) in [5.41, 5.74) is 1.29. The zero-order chi connectivity index (χ0) is 8.72. The Labute approximate surface area is 93.7 Å². The molecule has 2 aromatic rings. The second-order valence-corrected chi connectivity index (χ2v) is 5.93. The molecule has 2 rings (SSSR count). The molecule has 0 aliphatic rings. The van der Waals surface area contributed by atoms with E-state index in [0.717, 1.165) is 5.02 Å². The van der Waals surface area contributed by atoms with E-state index in [1.165, 1.54) is 18.5 Å². The molecule has 0 aliphatic heterocycles. The maximum absolute atomic E-state index is 6.10. The zero-order valence-corrected chi connectivity index (χ0v) is 10.1. The van der Waals surface area contributed by atoms with Crippen LogP contribution in [0.2, 0.25) is 5.02 Å². The van der Waals surface area contributed by atoms with Crippen LogP contribution >= 0.6 is 45.5 Å². The fourth-order valence-electron chi connectivity index (χ4n) is 1.14. The first-order valence-corrected chi connectivity index (χ1v) is 5.80. The van der Waals surface area contributed by atoms with E-state index in [9.17, 15) is 0 Å². The van der Waals surface area contributed by atoms with Crippen LogP contribution in [-0.2, 0) is 0 Å². The molecule has 12 heavy (non-hydrogen) atoms. The minimum absolute atomic E-state index is 0.899. The lowest BCUT2D eigenvalue weighted by molar-refractivity contribution is 1.52. The number of halogens is 2. The van der Waals surface area contributed by atoms with Crippen molar-refractivity contribution in [1.82, 2.24) is 0 Å². The monoisotopic (exact) mass is 308 g/mol. The first-order valence-electron chi connectivity index (χ1n) is 3.52. The molecule has 0 saturated heterocycles. The molecule has 0 aliphatic carbocycles. The highest BCUT2D eigenvalue weighted by molar-refractivity contribution is 14.1. The van der Waals surface area contributed by atoms with E-state index in [2.05, 4.69) is 47.7 Å². The van der Waals surface area contributed by atoms with Crippen molar-refractivity contribution in [2.45, 2.75) is 6.92 Å². The average molecular weight is 309 g/mol. The first kappa shape index (κ1) is 8.78. The fourth-order valence-corrected chi connectivity index (χ4v) is 3.40. The van der Waals surface area contributed by atoms with Crippen LogP contribution in [0.25, 0.3) is 10.1 Å². The van der Waals surface area contributed by atoms with Crippen molar-refractivity contribution in [1.29, 1.82) is 0 Å². The van der Waals surface area contributed by atoms with E-state index in [1.54, 1.807) is 11.3 Å². The van der Waals surface area contributed by atoms with Gasteiger partial charge in [0.1, 0.15) is 0 Å². The van der Waals surface area contributed by atoms with Crippen molar-refractivity contribution in [3.05, 3.63) is 31.7 Å². The van der Waals surface area contributed by atoms with Gasteiger partial charge in [-0.05, 0) is 41.1 Å². The van der Waals surface area contributed by atoms with Gasteiger partial charge in [0, 0.05) is 10.1 Å². The predicted molar refractivity (Wildman–Crippen MR) is 64.3 cm³/mol. The van der Waals surface area contributed by atoms with Crippen LogP contribution in [0.1, 0.15) is 5.56 Å². The van der Waals surface area contributed by atoms with Crippen LogP contribution in [-0.4, -0.2) is 0 Å². The number of thiophene rings is 1. The highest BCUT2D eigenvalue weighted by atomic mass is 127. The molecule has 0 spiro atoms. The van der Waals surface area contributed by atoms with Crippen LogP contribution in [0.3, 0.4) is 0 Å². The van der Waals surface area contributed by atoms with Gasteiger partial charge >= 0.3 is 0 Å². The summed E-state index contributed by atoms with van der Waals surface area (Å²) >= 11 is 10.1. The molecule has 0 fully saturated rings. The average Bonchev–Trinajstić information content (AvgIpc) is 2.28. The fraction of sp³-hybridized carbons (Fsp3) is 0.111. The van der Waals surface area contributed by atoms with E-state index < -0.39 is 0 Å². The van der Waals surface area contributed by atoms with Crippen LogP contribution in [0.15, 0.2) is 18.2 Å². The summed E-state index contributed by atoms with van der Waals surface area (Å²) in [4.78, 5) is 0. The van der Waals surface area contributed by atoms with Crippen LogP contribution in [0.5, 0.6) is 0 Å². The molecule has 1 heterocycles. The molecule has 0 saturated carbocycles. The molecule has 0 radical (unpaired) electrons. The molecule has 0 atom stereocenters. The minimum Gasteiger partial charge on any atom is -0.128 e. The summed E-state index contributed by atoms with van der Waals surface area (Å²) in [6, 6.07) is 6.36. The lowest BCUT2D eigenvalue weighted by Gasteiger charge is -1.91. The van der Waals surface area contributed by atoms with E-state index in [-0.39, 0.29) is 0 Å². The quantitative estimate of drug-likeness (QED) is 0.630. The molecule has 0 amide bonds. The van der Waals surface area contributed by atoms with Crippen molar-refractivity contribution in [2.24, 2.45) is 0 Å². The molecular formula is C9H6ClIS. The smallest absolute Gasteiger partial charge is 0.0852 e. The molecule has 0 N–H and O–H groups in total. The Hall–Kier alpha value is 0.200. The number of fused-ring (bicyclic) bond motifs is 1. The topological polar surface area (TPSA) is 0 Å². The van der Waals surface area contributed by atoms with Gasteiger partial charge < -0.3 is 0 Å². The Morgan fingerprint density at radius 3 is 2.92 bits per heavy atom. The molecule has 62 valence electrons. The maximum Gasteiger partial charge on any atom is 0.0852 e. The third-order valence-electron chi connectivity index (χ3n) is 1.75. The largest absolute Gasteiger partial charge is 0.128 e. The Morgan fingerprint density at radius 2 is 2.17 bits per heavy atom. The summed E-state index contributed by atoms with van der Waals surface area (Å²) in [6.45, 7) is 2.10. The van der Waals surface area contributed by atoms with Gasteiger partial charge in [-0.25, -0.2) is 0 Å². The number of hydrogen-bond donors (Lipinski definition) is 0. The summed E-state index contributed by atoms with van der Waals surface area (Å²) in [7, 11) is 0. The predicted octanol–water partition coefficient (Wildman–Crippen LogP) is 4.47. The maximum atomic E-state index is 6.10. The van der Waals surface area contributed by atoms with E-state index >= 15 is 0 Å².